The van der Waals surface area contributed by atoms with Crippen molar-refractivity contribution >= 4 is 10.9 Å². The third-order valence-electron chi connectivity index (χ3n) is 3.33. The Morgan fingerprint density at radius 2 is 1.64 bits per heavy atom. The third kappa shape index (κ3) is 6.23. The molecule has 2 nitrogen and oxygen atoms in total. The van der Waals surface area contributed by atoms with Crippen LogP contribution in [0.2, 0.25) is 0 Å². The molecule has 0 amide bonds. The Hall–Kier alpha value is -1.28. The maximum atomic E-state index is 3.41. The molecule has 1 aromatic carbocycles. The van der Waals surface area contributed by atoms with Gasteiger partial charge in [-0.05, 0) is 50.0 Å². The minimum Gasteiger partial charge on any atom is -0.361 e. The highest BCUT2D eigenvalue weighted by atomic mass is 15.0. The molecule has 22 heavy (non-hydrogen) atoms. The Morgan fingerprint density at radius 1 is 1.00 bits per heavy atom. The van der Waals surface area contributed by atoms with E-state index in [2.05, 4.69) is 62.2 Å². The molecule has 0 saturated heterocycles. The van der Waals surface area contributed by atoms with E-state index in [0.717, 1.165) is 19.4 Å². The second kappa shape index (κ2) is 11.3. The normalized spacial score (nSPS) is 10.3. The Bertz CT molecular complexity index is 509. The van der Waals surface area contributed by atoms with Crippen molar-refractivity contribution < 1.29 is 0 Å². The zero-order valence-electron chi connectivity index (χ0n) is 16.0. The van der Waals surface area contributed by atoms with E-state index in [-0.39, 0.29) is 0 Å². The molecule has 2 aromatic rings. The van der Waals surface area contributed by atoms with E-state index in [1.165, 1.54) is 22.0 Å². The van der Waals surface area contributed by atoms with Gasteiger partial charge in [-0.2, -0.15) is 0 Å². The minimum absolute atomic E-state index is 0.701. The maximum absolute atomic E-state index is 3.41. The maximum Gasteiger partial charge on any atom is 0.0459 e. The number of aromatic amines is 1. The van der Waals surface area contributed by atoms with E-state index in [1.807, 2.05) is 27.7 Å². The molecule has 0 atom stereocenters. The van der Waals surface area contributed by atoms with Crippen molar-refractivity contribution in [2.45, 2.75) is 54.4 Å². The fraction of sp³-hybridized carbons (Fsp3) is 0.600. The smallest absolute Gasteiger partial charge is 0.0459 e. The Balaban J connectivity index is 0.00000102. The zero-order valence-corrected chi connectivity index (χ0v) is 16.0. The highest BCUT2D eigenvalue weighted by Gasteiger charge is 2.09. The monoisotopic (exact) mass is 304 g/mol. The van der Waals surface area contributed by atoms with Crippen molar-refractivity contribution in [1.29, 1.82) is 0 Å². The van der Waals surface area contributed by atoms with Crippen molar-refractivity contribution in [2.75, 3.05) is 20.6 Å². The lowest BCUT2D eigenvalue weighted by molar-refractivity contribution is 0.414. The quantitative estimate of drug-likeness (QED) is 0.770. The Morgan fingerprint density at radius 3 is 2.18 bits per heavy atom. The highest BCUT2D eigenvalue weighted by molar-refractivity contribution is 5.86. The SMILES string of the molecule is CC.CC.CC(C)Cc1cccc2[nH]cc(CCN(C)C)c12. The number of hydrogen-bond donors (Lipinski definition) is 1. The number of nitrogens with one attached hydrogen (secondary N) is 1. The van der Waals surface area contributed by atoms with Crippen LogP contribution in [0.15, 0.2) is 24.4 Å². The molecule has 0 spiro atoms. The van der Waals surface area contributed by atoms with Crippen molar-refractivity contribution in [1.82, 2.24) is 9.88 Å². The molecule has 0 saturated carbocycles. The molecule has 2 heteroatoms. The summed E-state index contributed by atoms with van der Waals surface area (Å²) >= 11 is 0. The van der Waals surface area contributed by atoms with Crippen LogP contribution in [0.3, 0.4) is 0 Å². The number of H-pyrrole nitrogens is 1. The lowest BCUT2D eigenvalue weighted by Crippen LogP contribution is -2.15. The van der Waals surface area contributed by atoms with Crippen LogP contribution in [-0.4, -0.2) is 30.5 Å². The summed E-state index contributed by atoms with van der Waals surface area (Å²) < 4.78 is 0. The molecule has 0 unspecified atom stereocenters. The van der Waals surface area contributed by atoms with Crippen molar-refractivity contribution in [3.63, 3.8) is 0 Å². The van der Waals surface area contributed by atoms with Gasteiger partial charge in [0.05, 0.1) is 0 Å². The molecule has 1 heterocycles. The average Bonchev–Trinajstić information content (AvgIpc) is 2.93. The van der Waals surface area contributed by atoms with Crippen LogP contribution in [0.25, 0.3) is 10.9 Å². The standard InChI is InChI=1S/C16H24N2.2C2H6/c1-12(2)10-13-6-5-7-15-16(13)14(11-17-15)8-9-18(3)4;2*1-2/h5-7,11-12,17H,8-10H2,1-4H3;2*1-2H3. The van der Waals surface area contributed by atoms with E-state index < -0.39 is 0 Å². The van der Waals surface area contributed by atoms with Crippen LogP contribution < -0.4 is 0 Å². The van der Waals surface area contributed by atoms with Crippen LogP contribution in [-0.2, 0) is 12.8 Å². The summed E-state index contributed by atoms with van der Waals surface area (Å²) in [5.74, 6) is 0.701. The van der Waals surface area contributed by atoms with Gasteiger partial charge in [0, 0.05) is 23.6 Å². The molecule has 0 bridgehead atoms. The molecular formula is C20H36N2. The van der Waals surface area contributed by atoms with Gasteiger partial charge in [0.2, 0.25) is 0 Å². The van der Waals surface area contributed by atoms with Crippen molar-refractivity contribution in [3.8, 4) is 0 Å². The fourth-order valence-corrected chi connectivity index (χ4v) is 2.49. The average molecular weight is 305 g/mol. The summed E-state index contributed by atoms with van der Waals surface area (Å²) in [6.45, 7) is 13.7. The molecule has 0 aliphatic rings. The van der Waals surface area contributed by atoms with Gasteiger partial charge in [0.15, 0.2) is 0 Å². The van der Waals surface area contributed by atoms with Crippen LogP contribution in [0.1, 0.15) is 52.7 Å². The van der Waals surface area contributed by atoms with Gasteiger partial charge in [0.1, 0.15) is 0 Å². The predicted molar refractivity (Wildman–Crippen MR) is 102 cm³/mol. The van der Waals surface area contributed by atoms with Gasteiger partial charge in [-0.3, -0.25) is 0 Å². The van der Waals surface area contributed by atoms with Gasteiger partial charge >= 0.3 is 0 Å². The number of rotatable bonds is 5. The van der Waals surface area contributed by atoms with E-state index in [9.17, 15) is 0 Å². The first-order chi connectivity index (χ1) is 10.6. The number of likely N-dealkylation sites (N-methyl/N-ethyl adjacent to an activating group) is 1. The number of fused-ring (bicyclic) bond motifs is 1. The molecule has 0 aliphatic heterocycles. The van der Waals surface area contributed by atoms with Crippen molar-refractivity contribution in [2.24, 2.45) is 5.92 Å². The van der Waals surface area contributed by atoms with E-state index in [1.54, 1.807) is 0 Å². The topological polar surface area (TPSA) is 19.0 Å². The first-order valence-electron chi connectivity index (χ1n) is 8.80. The second-order valence-electron chi connectivity index (χ2n) is 5.80. The van der Waals surface area contributed by atoms with Crippen LogP contribution in [0.5, 0.6) is 0 Å². The lowest BCUT2D eigenvalue weighted by atomic mass is 9.97. The first kappa shape index (κ1) is 20.7. The molecule has 1 aromatic heterocycles. The Kier molecular flexibility index (Phi) is 10.7. The highest BCUT2D eigenvalue weighted by Crippen LogP contribution is 2.25. The number of benzene rings is 1. The van der Waals surface area contributed by atoms with Gasteiger partial charge in [-0.25, -0.2) is 0 Å². The first-order valence-corrected chi connectivity index (χ1v) is 8.80. The predicted octanol–water partition coefficient (Wildman–Crippen LogP) is 5.52. The molecular weight excluding hydrogens is 268 g/mol. The molecule has 0 fully saturated rings. The molecule has 1 N–H and O–H groups in total. The molecule has 126 valence electrons. The fourth-order valence-electron chi connectivity index (χ4n) is 2.49. The van der Waals surface area contributed by atoms with E-state index >= 15 is 0 Å². The molecule has 0 aliphatic carbocycles. The summed E-state index contributed by atoms with van der Waals surface area (Å²) in [7, 11) is 4.26. The number of hydrogen-bond acceptors (Lipinski definition) is 1. The van der Waals surface area contributed by atoms with E-state index in [4.69, 9.17) is 0 Å². The Labute approximate surface area is 137 Å². The van der Waals surface area contributed by atoms with Crippen LogP contribution >= 0.6 is 0 Å². The minimum atomic E-state index is 0.701. The summed E-state index contributed by atoms with van der Waals surface area (Å²) in [4.78, 5) is 5.65. The summed E-state index contributed by atoms with van der Waals surface area (Å²) in [6.07, 6.45) is 4.45. The zero-order chi connectivity index (χ0) is 17.1. The number of nitrogens with zero attached hydrogens (tertiary/aromatic N) is 1. The van der Waals surface area contributed by atoms with Crippen LogP contribution in [0.4, 0.5) is 0 Å². The summed E-state index contributed by atoms with van der Waals surface area (Å²) in [5, 5.41) is 1.45. The third-order valence-corrected chi connectivity index (χ3v) is 3.33. The molecule has 0 radical (unpaired) electrons. The summed E-state index contributed by atoms with van der Waals surface area (Å²) in [6, 6.07) is 6.61. The molecule has 2 rings (SSSR count). The van der Waals surface area contributed by atoms with Gasteiger partial charge < -0.3 is 9.88 Å². The van der Waals surface area contributed by atoms with Gasteiger partial charge in [0.25, 0.3) is 0 Å². The van der Waals surface area contributed by atoms with Crippen LogP contribution in [0, 0.1) is 5.92 Å². The van der Waals surface area contributed by atoms with Crippen molar-refractivity contribution in [3.05, 3.63) is 35.5 Å². The number of aromatic nitrogens is 1. The van der Waals surface area contributed by atoms with Gasteiger partial charge in [-0.15, -0.1) is 0 Å². The second-order valence-corrected chi connectivity index (χ2v) is 5.80. The largest absolute Gasteiger partial charge is 0.361 e. The van der Waals surface area contributed by atoms with Gasteiger partial charge in [-0.1, -0.05) is 53.7 Å². The van der Waals surface area contributed by atoms with E-state index in [0.29, 0.717) is 5.92 Å². The summed E-state index contributed by atoms with van der Waals surface area (Å²) in [5.41, 5.74) is 4.22. The lowest BCUT2D eigenvalue weighted by Gasteiger charge is -2.11.